The molecule has 2 atom stereocenters. The molecule has 2 aliphatic rings. The third kappa shape index (κ3) is 3.85. The fourth-order valence-corrected chi connectivity index (χ4v) is 3.61. The van der Waals surface area contributed by atoms with E-state index in [4.69, 9.17) is 4.74 Å². The van der Waals surface area contributed by atoms with E-state index in [0.29, 0.717) is 12.1 Å². The van der Waals surface area contributed by atoms with E-state index in [1.54, 1.807) is 11.1 Å². The number of nitrogens with zero attached hydrogens (tertiary/aromatic N) is 1. The first-order valence-electron chi connectivity index (χ1n) is 8.40. The Balaban J connectivity index is 1.54. The van der Waals surface area contributed by atoms with Crippen LogP contribution in [-0.2, 0) is 17.6 Å². The first kappa shape index (κ1) is 15.0. The number of rotatable bonds is 5. The van der Waals surface area contributed by atoms with Crippen LogP contribution in [0.4, 0.5) is 0 Å². The predicted octanol–water partition coefficient (Wildman–Crippen LogP) is 2.55. The summed E-state index contributed by atoms with van der Waals surface area (Å²) in [5.74, 6) is 0. The van der Waals surface area contributed by atoms with Gasteiger partial charge in [0.2, 0.25) is 0 Å². The summed E-state index contributed by atoms with van der Waals surface area (Å²) in [6.07, 6.45) is 3.86. The SMILES string of the molecule is CC(CN1CCOCC1)NC(C)c1ccc2c(c1)CCC2. The topological polar surface area (TPSA) is 24.5 Å². The van der Waals surface area contributed by atoms with Crippen molar-refractivity contribution in [1.82, 2.24) is 10.2 Å². The zero-order valence-corrected chi connectivity index (χ0v) is 13.4. The van der Waals surface area contributed by atoms with Crippen LogP contribution in [0, 0.1) is 0 Å². The average molecular weight is 288 g/mol. The van der Waals surface area contributed by atoms with Crippen LogP contribution in [0.5, 0.6) is 0 Å². The maximum absolute atomic E-state index is 5.41. The van der Waals surface area contributed by atoms with Crippen molar-refractivity contribution in [2.24, 2.45) is 0 Å². The van der Waals surface area contributed by atoms with Gasteiger partial charge < -0.3 is 10.1 Å². The predicted molar refractivity (Wildman–Crippen MR) is 86.7 cm³/mol. The molecule has 0 radical (unpaired) electrons. The molecule has 0 bridgehead atoms. The summed E-state index contributed by atoms with van der Waals surface area (Å²) in [4.78, 5) is 2.50. The Morgan fingerprint density at radius 1 is 1.14 bits per heavy atom. The minimum atomic E-state index is 0.423. The zero-order chi connectivity index (χ0) is 14.7. The van der Waals surface area contributed by atoms with Gasteiger partial charge in [-0.3, -0.25) is 4.90 Å². The quantitative estimate of drug-likeness (QED) is 0.901. The van der Waals surface area contributed by atoms with E-state index >= 15 is 0 Å². The highest BCUT2D eigenvalue weighted by atomic mass is 16.5. The number of aryl methyl sites for hydroxylation is 2. The Labute approximate surface area is 128 Å². The molecule has 1 aliphatic heterocycles. The summed E-state index contributed by atoms with van der Waals surface area (Å²) >= 11 is 0. The molecule has 1 fully saturated rings. The Bertz CT molecular complexity index is 468. The Hall–Kier alpha value is -0.900. The second-order valence-electron chi connectivity index (χ2n) is 6.58. The van der Waals surface area contributed by atoms with Crippen LogP contribution < -0.4 is 5.32 Å². The molecule has 3 heteroatoms. The standard InChI is InChI=1S/C18H28N2O/c1-14(13-20-8-10-21-11-9-20)19-15(2)17-7-6-16-4-3-5-18(16)12-17/h6-7,12,14-15,19H,3-5,8-11,13H2,1-2H3. The molecule has 1 aromatic rings. The summed E-state index contributed by atoms with van der Waals surface area (Å²) < 4.78 is 5.41. The van der Waals surface area contributed by atoms with Gasteiger partial charge in [0.15, 0.2) is 0 Å². The van der Waals surface area contributed by atoms with Gasteiger partial charge in [0.1, 0.15) is 0 Å². The molecule has 1 saturated heterocycles. The Kier molecular flexibility index (Phi) is 4.94. The van der Waals surface area contributed by atoms with Crippen molar-refractivity contribution in [2.75, 3.05) is 32.8 Å². The van der Waals surface area contributed by atoms with E-state index in [9.17, 15) is 0 Å². The summed E-state index contributed by atoms with van der Waals surface area (Å²) in [5, 5.41) is 3.75. The highest BCUT2D eigenvalue weighted by Crippen LogP contribution is 2.25. The molecular weight excluding hydrogens is 260 g/mol. The summed E-state index contributed by atoms with van der Waals surface area (Å²) in [6.45, 7) is 9.59. The average Bonchev–Trinajstić information content (AvgIpc) is 2.95. The first-order valence-corrected chi connectivity index (χ1v) is 8.40. The molecular formula is C18H28N2O. The van der Waals surface area contributed by atoms with Gasteiger partial charge in [-0.15, -0.1) is 0 Å². The lowest BCUT2D eigenvalue weighted by molar-refractivity contribution is 0.0339. The molecule has 0 spiro atoms. The van der Waals surface area contributed by atoms with E-state index in [1.807, 2.05) is 0 Å². The van der Waals surface area contributed by atoms with E-state index in [1.165, 1.54) is 24.8 Å². The molecule has 3 rings (SSSR count). The van der Waals surface area contributed by atoms with E-state index < -0.39 is 0 Å². The van der Waals surface area contributed by atoms with E-state index in [-0.39, 0.29) is 0 Å². The summed E-state index contributed by atoms with van der Waals surface area (Å²) in [6, 6.07) is 7.99. The van der Waals surface area contributed by atoms with Crippen LogP contribution in [-0.4, -0.2) is 43.8 Å². The number of morpholine rings is 1. The van der Waals surface area contributed by atoms with Gasteiger partial charge >= 0.3 is 0 Å². The van der Waals surface area contributed by atoms with Crippen molar-refractivity contribution in [2.45, 2.75) is 45.2 Å². The van der Waals surface area contributed by atoms with Crippen molar-refractivity contribution in [3.8, 4) is 0 Å². The molecule has 0 amide bonds. The van der Waals surface area contributed by atoms with Crippen LogP contribution in [0.25, 0.3) is 0 Å². The Morgan fingerprint density at radius 2 is 1.90 bits per heavy atom. The fourth-order valence-electron chi connectivity index (χ4n) is 3.61. The largest absolute Gasteiger partial charge is 0.379 e. The minimum absolute atomic E-state index is 0.423. The van der Waals surface area contributed by atoms with E-state index in [2.05, 4.69) is 42.3 Å². The number of hydrogen-bond donors (Lipinski definition) is 1. The van der Waals surface area contributed by atoms with Crippen LogP contribution in [0.3, 0.4) is 0 Å². The van der Waals surface area contributed by atoms with Crippen molar-refractivity contribution < 1.29 is 4.74 Å². The van der Waals surface area contributed by atoms with E-state index in [0.717, 1.165) is 32.8 Å². The normalized spacial score (nSPS) is 22.0. The molecule has 0 saturated carbocycles. The molecule has 0 aromatic heterocycles. The molecule has 3 nitrogen and oxygen atoms in total. The lowest BCUT2D eigenvalue weighted by Crippen LogP contribution is -2.44. The van der Waals surface area contributed by atoms with Crippen molar-refractivity contribution >= 4 is 0 Å². The van der Waals surface area contributed by atoms with Gasteiger partial charge in [-0.2, -0.15) is 0 Å². The lowest BCUT2D eigenvalue weighted by atomic mass is 10.0. The van der Waals surface area contributed by atoms with Gasteiger partial charge in [0.25, 0.3) is 0 Å². The molecule has 1 aliphatic carbocycles. The maximum Gasteiger partial charge on any atom is 0.0594 e. The fraction of sp³-hybridized carbons (Fsp3) is 0.667. The number of hydrogen-bond acceptors (Lipinski definition) is 3. The van der Waals surface area contributed by atoms with Crippen LogP contribution in [0.15, 0.2) is 18.2 Å². The Morgan fingerprint density at radius 3 is 2.71 bits per heavy atom. The molecule has 116 valence electrons. The molecule has 1 N–H and O–H groups in total. The van der Waals surface area contributed by atoms with Gasteiger partial charge in [-0.25, -0.2) is 0 Å². The molecule has 1 aromatic carbocycles. The first-order chi connectivity index (χ1) is 10.2. The highest BCUT2D eigenvalue weighted by Gasteiger charge is 2.17. The molecule has 21 heavy (non-hydrogen) atoms. The summed E-state index contributed by atoms with van der Waals surface area (Å²) in [7, 11) is 0. The number of benzene rings is 1. The second kappa shape index (κ2) is 6.91. The van der Waals surface area contributed by atoms with Gasteiger partial charge in [0.05, 0.1) is 13.2 Å². The summed E-state index contributed by atoms with van der Waals surface area (Å²) in [5.41, 5.74) is 4.57. The van der Waals surface area contributed by atoms with Gasteiger partial charge in [-0.1, -0.05) is 18.2 Å². The van der Waals surface area contributed by atoms with Crippen molar-refractivity contribution in [3.05, 3.63) is 34.9 Å². The highest BCUT2D eigenvalue weighted by molar-refractivity contribution is 5.36. The molecule has 1 heterocycles. The monoisotopic (exact) mass is 288 g/mol. The van der Waals surface area contributed by atoms with Crippen LogP contribution in [0.1, 0.15) is 43.0 Å². The van der Waals surface area contributed by atoms with Crippen LogP contribution in [0.2, 0.25) is 0 Å². The van der Waals surface area contributed by atoms with Crippen molar-refractivity contribution in [1.29, 1.82) is 0 Å². The maximum atomic E-state index is 5.41. The third-order valence-electron chi connectivity index (χ3n) is 4.79. The third-order valence-corrected chi connectivity index (χ3v) is 4.79. The number of ether oxygens (including phenoxy) is 1. The van der Waals surface area contributed by atoms with Gasteiger partial charge in [0, 0.05) is 31.7 Å². The van der Waals surface area contributed by atoms with Crippen molar-refractivity contribution in [3.63, 3.8) is 0 Å². The number of fused-ring (bicyclic) bond motifs is 1. The smallest absolute Gasteiger partial charge is 0.0594 e. The number of nitrogens with one attached hydrogen (secondary N) is 1. The second-order valence-corrected chi connectivity index (χ2v) is 6.58. The lowest BCUT2D eigenvalue weighted by Gasteiger charge is -2.30. The molecule has 2 unspecified atom stereocenters. The minimum Gasteiger partial charge on any atom is -0.379 e. The zero-order valence-electron chi connectivity index (χ0n) is 13.4. The van der Waals surface area contributed by atoms with Crippen LogP contribution >= 0.6 is 0 Å². The van der Waals surface area contributed by atoms with Gasteiger partial charge in [-0.05, 0) is 49.8 Å².